The molecule has 4 heteroatoms. The minimum atomic E-state index is -0.484. The van der Waals surface area contributed by atoms with Gasteiger partial charge in [0.2, 0.25) is 0 Å². The summed E-state index contributed by atoms with van der Waals surface area (Å²) in [6.07, 6.45) is 0.424. The van der Waals surface area contributed by atoms with Crippen molar-refractivity contribution in [3.8, 4) is 0 Å². The van der Waals surface area contributed by atoms with Crippen LogP contribution >= 0.6 is 27.5 Å². The molecule has 1 aliphatic rings. The van der Waals surface area contributed by atoms with Crippen LogP contribution in [0.5, 0.6) is 0 Å². The molecule has 2 nitrogen and oxygen atoms in total. The lowest BCUT2D eigenvalue weighted by Crippen LogP contribution is -2.12. The number of hydrogen-bond donors (Lipinski definition) is 1. The molecule has 0 aliphatic carbocycles. The number of aliphatic hydroxyl groups excluding tert-OH is 1. The molecule has 82 valence electrons. The number of rotatable bonds is 2. The monoisotopic (exact) mass is 290 g/mol. The quantitative estimate of drug-likeness (QED) is 0.907. The van der Waals surface area contributed by atoms with E-state index in [-0.39, 0.29) is 5.92 Å². The van der Waals surface area contributed by atoms with Crippen LogP contribution in [0.25, 0.3) is 0 Å². The molecule has 1 fully saturated rings. The molecule has 1 aliphatic heterocycles. The van der Waals surface area contributed by atoms with Gasteiger partial charge < -0.3 is 9.84 Å². The molecule has 1 aromatic carbocycles. The zero-order chi connectivity index (χ0) is 10.8. The van der Waals surface area contributed by atoms with Crippen molar-refractivity contribution in [3.05, 3.63) is 33.3 Å². The Balaban J connectivity index is 2.20. The van der Waals surface area contributed by atoms with E-state index in [4.69, 9.17) is 16.3 Å². The van der Waals surface area contributed by atoms with Crippen molar-refractivity contribution in [3.63, 3.8) is 0 Å². The molecule has 15 heavy (non-hydrogen) atoms. The fourth-order valence-electron chi connectivity index (χ4n) is 1.82. The Hall–Kier alpha value is -0.0900. The van der Waals surface area contributed by atoms with E-state index in [2.05, 4.69) is 15.9 Å². The summed E-state index contributed by atoms with van der Waals surface area (Å²) in [6, 6.07) is 5.51. The summed E-state index contributed by atoms with van der Waals surface area (Å²) < 4.78 is 6.15. The summed E-state index contributed by atoms with van der Waals surface area (Å²) in [5, 5.41) is 10.7. The Labute approximate surface area is 102 Å². The minimum absolute atomic E-state index is 0.190. The SMILES string of the molecule is OC(c1cc(Cl)cc(Br)c1)C1CCOC1. The maximum absolute atomic E-state index is 10.1. The molecule has 0 aromatic heterocycles. The smallest absolute Gasteiger partial charge is 0.0841 e. The number of hydrogen-bond acceptors (Lipinski definition) is 2. The lowest BCUT2D eigenvalue weighted by atomic mass is 9.95. The van der Waals surface area contributed by atoms with Crippen LogP contribution in [0.3, 0.4) is 0 Å². The van der Waals surface area contributed by atoms with Gasteiger partial charge in [0, 0.05) is 22.0 Å². The van der Waals surface area contributed by atoms with Crippen LogP contribution in [0.2, 0.25) is 5.02 Å². The van der Waals surface area contributed by atoms with Gasteiger partial charge in [0.15, 0.2) is 0 Å². The molecule has 2 rings (SSSR count). The molecule has 2 unspecified atom stereocenters. The molecule has 1 aromatic rings. The van der Waals surface area contributed by atoms with Gasteiger partial charge in [0.25, 0.3) is 0 Å². The van der Waals surface area contributed by atoms with Crippen LogP contribution in [-0.4, -0.2) is 18.3 Å². The summed E-state index contributed by atoms with van der Waals surface area (Å²) >= 11 is 9.29. The van der Waals surface area contributed by atoms with Gasteiger partial charge in [-0.25, -0.2) is 0 Å². The summed E-state index contributed by atoms with van der Waals surface area (Å²) in [7, 11) is 0. The zero-order valence-electron chi connectivity index (χ0n) is 8.12. The summed E-state index contributed by atoms with van der Waals surface area (Å²) in [4.78, 5) is 0. The Morgan fingerprint density at radius 1 is 1.47 bits per heavy atom. The second kappa shape index (κ2) is 4.83. The van der Waals surface area contributed by atoms with E-state index < -0.39 is 6.10 Å². The normalized spacial score (nSPS) is 23.0. The zero-order valence-corrected chi connectivity index (χ0v) is 10.5. The Kier molecular flexibility index (Phi) is 3.67. The minimum Gasteiger partial charge on any atom is -0.388 e. The molecule has 1 saturated heterocycles. The Morgan fingerprint density at radius 3 is 2.87 bits per heavy atom. The summed E-state index contributed by atoms with van der Waals surface area (Å²) in [6.45, 7) is 1.37. The predicted molar refractivity (Wildman–Crippen MR) is 63.0 cm³/mol. The molecular weight excluding hydrogens is 279 g/mol. The van der Waals surface area contributed by atoms with Crippen LogP contribution in [0.1, 0.15) is 18.1 Å². The molecule has 0 bridgehead atoms. The van der Waals surface area contributed by atoms with Crippen molar-refractivity contribution < 1.29 is 9.84 Å². The van der Waals surface area contributed by atoms with E-state index in [9.17, 15) is 5.11 Å². The van der Waals surface area contributed by atoms with Crippen LogP contribution in [-0.2, 0) is 4.74 Å². The highest BCUT2D eigenvalue weighted by Crippen LogP contribution is 2.31. The maximum Gasteiger partial charge on any atom is 0.0841 e. The molecule has 2 atom stereocenters. The third-order valence-corrected chi connectivity index (χ3v) is 3.31. The third-order valence-electron chi connectivity index (χ3n) is 2.64. The Bertz CT molecular complexity index is 330. The van der Waals surface area contributed by atoms with Gasteiger partial charge in [-0.1, -0.05) is 27.5 Å². The van der Waals surface area contributed by atoms with Crippen LogP contribution in [0.15, 0.2) is 22.7 Å². The second-order valence-electron chi connectivity index (χ2n) is 3.77. The van der Waals surface area contributed by atoms with E-state index in [0.29, 0.717) is 11.6 Å². The summed E-state index contributed by atoms with van der Waals surface area (Å²) in [5.41, 5.74) is 0.852. The van der Waals surface area contributed by atoms with Gasteiger partial charge in [-0.2, -0.15) is 0 Å². The first kappa shape index (κ1) is 11.4. The van der Waals surface area contributed by atoms with E-state index in [1.165, 1.54) is 0 Å². The molecular formula is C11H12BrClO2. The van der Waals surface area contributed by atoms with Crippen molar-refractivity contribution in [1.82, 2.24) is 0 Å². The number of halogens is 2. The lowest BCUT2D eigenvalue weighted by Gasteiger charge is -2.17. The maximum atomic E-state index is 10.1. The first-order chi connectivity index (χ1) is 7.16. The van der Waals surface area contributed by atoms with Crippen molar-refractivity contribution in [2.45, 2.75) is 12.5 Å². The fourth-order valence-corrected chi connectivity index (χ4v) is 2.71. The second-order valence-corrected chi connectivity index (χ2v) is 5.12. The van der Waals surface area contributed by atoms with Crippen LogP contribution < -0.4 is 0 Å². The van der Waals surface area contributed by atoms with Crippen LogP contribution in [0.4, 0.5) is 0 Å². The Morgan fingerprint density at radius 2 is 2.27 bits per heavy atom. The van der Waals surface area contributed by atoms with Gasteiger partial charge in [0.1, 0.15) is 0 Å². The standard InChI is InChI=1S/C11H12BrClO2/c12-9-3-8(4-10(13)5-9)11(14)7-1-2-15-6-7/h3-5,7,11,14H,1-2,6H2. The molecule has 0 spiro atoms. The van der Waals surface area contributed by atoms with Crippen molar-refractivity contribution >= 4 is 27.5 Å². The van der Waals surface area contributed by atoms with E-state index in [1.54, 1.807) is 6.07 Å². The van der Waals surface area contributed by atoms with Crippen LogP contribution in [0, 0.1) is 5.92 Å². The van der Waals surface area contributed by atoms with Gasteiger partial charge in [0.05, 0.1) is 12.7 Å². The molecule has 0 radical (unpaired) electrons. The highest BCUT2D eigenvalue weighted by atomic mass is 79.9. The average molecular weight is 292 g/mol. The van der Waals surface area contributed by atoms with Crippen molar-refractivity contribution in [2.75, 3.05) is 13.2 Å². The van der Waals surface area contributed by atoms with E-state index in [0.717, 1.165) is 23.1 Å². The van der Waals surface area contributed by atoms with E-state index in [1.807, 2.05) is 12.1 Å². The molecule has 0 saturated carbocycles. The van der Waals surface area contributed by atoms with Gasteiger partial charge in [-0.05, 0) is 30.2 Å². The first-order valence-electron chi connectivity index (χ1n) is 4.88. The number of benzene rings is 1. The largest absolute Gasteiger partial charge is 0.388 e. The molecule has 0 amide bonds. The third kappa shape index (κ3) is 2.72. The topological polar surface area (TPSA) is 29.5 Å². The highest BCUT2D eigenvalue weighted by Gasteiger charge is 2.25. The highest BCUT2D eigenvalue weighted by molar-refractivity contribution is 9.10. The lowest BCUT2D eigenvalue weighted by molar-refractivity contribution is 0.0918. The van der Waals surface area contributed by atoms with E-state index >= 15 is 0 Å². The van der Waals surface area contributed by atoms with Gasteiger partial charge >= 0.3 is 0 Å². The predicted octanol–water partition coefficient (Wildman–Crippen LogP) is 3.17. The van der Waals surface area contributed by atoms with Crippen molar-refractivity contribution in [2.24, 2.45) is 5.92 Å². The van der Waals surface area contributed by atoms with Gasteiger partial charge in [-0.3, -0.25) is 0 Å². The summed E-state index contributed by atoms with van der Waals surface area (Å²) in [5.74, 6) is 0.190. The molecule has 1 N–H and O–H groups in total. The molecule has 1 heterocycles. The fraction of sp³-hybridized carbons (Fsp3) is 0.455. The average Bonchev–Trinajstić information content (AvgIpc) is 2.67. The van der Waals surface area contributed by atoms with Gasteiger partial charge in [-0.15, -0.1) is 0 Å². The first-order valence-corrected chi connectivity index (χ1v) is 6.06. The number of ether oxygens (including phenoxy) is 1. The van der Waals surface area contributed by atoms with Crippen molar-refractivity contribution in [1.29, 1.82) is 0 Å². The number of aliphatic hydroxyl groups is 1.